The van der Waals surface area contributed by atoms with Crippen molar-refractivity contribution in [2.75, 3.05) is 0 Å². The fourth-order valence-electron chi connectivity index (χ4n) is 4.54. The first kappa shape index (κ1) is 24.4. The van der Waals surface area contributed by atoms with Crippen molar-refractivity contribution in [3.8, 4) is 22.4 Å². The van der Waals surface area contributed by atoms with E-state index in [1.165, 1.54) is 12.1 Å². The Balaban J connectivity index is 2.09. The molecular weight excluding hydrogens is 437 g/mol. The molecule has 1 aromatic heterocycles. The van der Waals surface area contributed by atoms with Gasteiger partial charge in [0.1, 0.15) is 11.7 Å². The molecular formula is C30H32FN3O. The minimum Gasteiger partial charge on any atom is -0.393 e. The average Bonchev–Trinajstić information content (AvgIpc) is 3.20. The van der Waals surface area contributed by atoms with Crippen molar-refractivity contribution < 1.29 is 9.50 Å². The van der Waals surface area contributed by atoms with Crippen molar-refractivity contribution in [3.63, 3.8) is 0 Å². The molecule has 0 saturated carbocycles. The van der Waals surface area contributed by atoms with Gasteiger partial charge in [-0.1, -0.05) is 62.4 Å². The molecule has 0 radical (unpaired) electrons. The maximum atomic E-state index is 13.9. The molecule has 3 N–H and O–H groups in total. The Hall–Kier alpha value is -3.70. The van der Waals surface area contributed by atoms with Crippen LogP contribution in [0.25, 0.3) is 22.4 Å². The van der Waals surface area contributed by atoms with Crippen LogP contribution in [0.2, 0.25) is 0 Å². The quantitative estimate of drug-likeness (QED) is 0.218. The van der Waals surface area contributed by atoms with Crippen LogP contribution in [-0.2, 0) is 6.54 Å². The van der Waals surface area contributed by atoms with Crippen molar-refractivity contribution in [3.05, 3.63) is 102 Å². The third-order valence-electron chi connectivity index (χ3n) is 6.06. The van der Waals surface area contributed by atoms with E-state index in [4.69, 9.17) is 10.7 Å². The SMILES string of the molecule is CC(C)c1c(C(N)=Nc2ccccc2)c(-c2ccccc2)c(-c2ccc(F)cc2)n1CC[C@H](C)O. The zero-order valence-corrected chi connectivity index (χ0v) is 20.4. The van der Waals surface area contributed by atoms with E-state index < -0.39 is 6.10 Å². The number of nitrogens with zero attached hydrogens (tertiary/aromatic N) is 2. The standard InChI is InChI=1S/C30H32FN3O/c1-20(2)28-27(30(32)33-25-12-8-5-9-13-25)26(22-10-6-4-7-11-22)29(34(28)19-18-21(3)35)23-14-16-24(31)17-15-23/h4-17,20-21,35H,18-19H2,1-3H3,(H2,32,33)/t21-/m0/s1. The van der Waals surface area contributed by atoms with Gasteiger partial charge < -0.3 is 15.4 Å². The zero-order chi connectivity index (χ0) is 24.9. The van der Waals surface area contributed by atoms with Crippen molar-refractivity contribution >= 4 is 11.5 Å². The number of aliphatic hydroxyl groups excluding tert-OH is 1. The van der Waals surface area contributed by atoms with Gasteiger partial charge in [0.05, 0.1) is 17.5 Å². The molecule has 0 fully saturated rings. The van der Waals surface area contributed by atoms with E-state index in [9.17, 15) is 9.50 Å². The summed E-state index contributed by atoms with van der Waals surface area (Å²) in [6.07, 6.45) is 0.115. The Bertz CT molecular complexity index is 1290. The molecule has 0 spiro atoms. The van der Waals surface area contributed by atoms with Crippen LogP contribution in [0.3, 0.4) is 0 Å². The highest BCUT2D eigenvalue weighted by Crippen LogP contribution is 2.42. The zero-order valence-electron chi connectivity index (χ0n) is 20.4. The molecule has 4 rings (SSSR count). The molecule has 0 bridgehead atoms. The van der Waals surface area contributed by atoms with Gasteiger partial charge in [0.2, 0.25) is 0 Å². The van der Waals surface area contributed by atoms with Crippen molar-refractivity contribution in [1.29, 1.82) is 0 Å². The summed E-state index contributed by atoms with van der Waals surface area (Å²) in [5.74, 6) is 0.268. The number of hydrogen-bond donors (Lipinski definition) is 2. The van der Waals surface area contributed by atoms with Crippen molar-refractivity contribution in [2.24, 2.45) is 10.7 Å². The first-order valence-electron chi connectivity index (χ1n) is 12.0. The van der Waals surface area contributed by atoms with Crippen molar-refractivity contribution in [2.45, 2.75) is 45.8 Å². The summed E-state index contributed by atoms with van der Waals surface area (Å²) in [7, 11) is 0. The largest absolute Gasteiger partial charge is 0.393 e. The smallest absolute Gasteiger partial charge is 0.133 e. The molecule has 0 amide bonds. The average molecular weight is 470 g/mol. The fraction of sp³-hybridized carbons (Fsp3) is 0.233. The van der Waals surface area contributed by atoms with Gasteiger partial charge in [0.15, 0.2) is 0 Å². The van der Waals surface area contributed by atoms with Crippen LogP contribution in [0.4, 0.5) is 10.1 Å². The van der Waals surface area contributed by atoms with Crippen LogP contribution in [0.15, 0.2) is 89.9 Å². The van der Waals surface area contributed by atoms with Crippen LogP contribution in [0, 0.1) is 5.82 Å². The van der Waals surface area contributed by atoms with Crippen LogP contribution in [0.5, 0.6) is 0 Å². The Morgan fingerprint density at radius 3 is 2.06 bits per heavy atom. The summed E-state index contributed by atoms with van der Waals surface area (Å²) in [6.45, 7) is 6.66. The lowest BCUT2D eigenvalue weighted by atomic mass is 9.94. The number of para-hydroxylation sites is 1. The van der Waals surface area contributed by atoms with Crippen LogP contribution < -0.4 is 5.73 Å². The van der Waals surface area contributed by atoms with E-state index in [0.717, 1.165) is 39.3 Å². The second kappa shape index (κ2) is 10.7. The number of aliphatic hydroxyl groups is 1. The first-order valence-corrected chi connectivity index (χ1v) is 12.0. The number of nitrogens with two attached hydrogens (primary N) is 1. The summed E-state index contributed by atoms with van der Waals surface area (Å²) < 4.78 is 16.1. The third-order valence-corrected chi connectivity index (χ3v) is 6.06. The molecule has 1 heterocycles. The molecule has 0 aliphatic rings. The Morgan fingerprint density at radius 2 is 1.49 bits per heavy atom. The van der Waals surface area contributed by atoms with Gasteiger partial charge in [-0.2, -0.15) is 0 Å². The summed E-state index contributed by atoms with van der Waals surface area (Å²) in [5.41, 5.74) is 13.3. The normalized spacial score (nSPS) is 12.8. The van der Waals surface area contributed by atoms with E-state index in [0.29, 0.717) is 18.8 Å². The van der Waals surface area contributed by atoms with E-state index in [-0.39, 0.29) is 11.7 Å². The third kappa shape index (κ3) is 5.36. The number of hydrogen-bond acceptors (Lipinski definition) is 2. The molecule has 0 aliphatic carbocycles. The number of amidine groups is 1. The topological polar surface area (TPSA) is 63.5 Å². The summed E-state index contributed by atoms with van der Waals surface area (Å²) in [6, 6.07) is 26.3. The van der Waals surface area contributed by atoms with Crippen molar-refractivity contribution in [1.82, 2.24) is 4.57 Å². The lowest BCUT2D eigenvalue weighted by Gasteiger charge is -2.18. The Morgan fingerprint density at radius 1 is 0.886 bits per heavy atom. The Labute approximate surface area is 206 Å². The highest BCUT2D eigenvalue weighted by atomic mass is 19.1. The van der Waals surface area contributed by atoms with Crippen LogP contribution in [-0.4, -0.2) is 21.6 Å². The number of rotatable bonds is 8. The van der Waals surface area contributed by atoms with E-state index in [1.807, 2.05) is 48.5 Å². The molecule has 4 nitrogen and oxygen atoms in total. The minimum absolute atomic E-state index is 0.125. The molecule has 0 aliphatic heterocycles. The number of aromatic nitrogens is 1. The minimum atomic E-state index is -0.461. The van der Waals surface area contributed by atoms with Gasteiger partial charge in [0, 0.05) is 23.4 Å². The van der Waals surface area contributed by atoms with Gasteiger partial charge >= 0.3 is 0 Å². The lowest BCUT2D eigenvalue weighted by molar-refractivity contribution is 0.178. The number of aliphatic imine (C=N–C) groups is 1. The second-order valence-electron chi connectivity index (χ2n) is 9.13. The maximum absolute atomic E-state index is 13.9. The first-order chi connectivity index (χ1) is 16.9. The molecule has 180 valence electrons. The van der Waals surface area contributed by atoms with Gasteiger partial charge in [-0.3, -0.25) is 0 Å². The maximum Gasteiger partial charge on any atom is 0.133 e. The van der Waals surface area contributed by atoms with E-state index in [1.54, 1.807) is 19.1 Å². The predicted molar refractivity (Wildman–Crippen MR) is 142 cm³/mol. The lowest BCUT2D eigenvalue weighted by Crippen LogP contribution is -2.18. The van der Waals surface area contributed by atoms with Crippen LogP contribution >= 0.6 is 0 Å². The van der Waals surface area contributed by atoms with Crippen LogP contribution in [0.1, 0.15) is 44.4 Å². The van der Waals surface area contributed by atoms with Gasteiger partial charge in [-0.25, -0.2) is 9.38 Å². The molecule has 0 saturated heterocycles. The van der Waals surface area contributed by atoms with E-state index in [2.05, 4.69) is 30.5 Å². The van der Waals surface area contributed by atoms with Gasteiger partial charge in [0.25, 0.3) is 0 Å². The van der Waals surface area contributed by atoms with Gasteiger partial charge in [-0.05, 0) is 66.8 Å². The molecule has 0 unspecified atom stereocenters. The molecule has 5 heteroatoms. The number of benzene rings is 3. The summed E-state index contributed by atoms with van der Waals surface area (Å²) >= 11 is 0. The molecule has 35 heavy (non-hydrogen) atoms. The monoisotopic (exact) mass is 469 g/mol. The predicted octanol–water partition coefficient (Wildman–Crippen LogP) is 6.89. The Kier molecular flexibility index (Phi) is 7.47. The van der Waals surface area contributed by atoms with E-state index >= 15 is 0 Å². The molecule has 4 aromatic rings. The second-order valence-corrected chi connectivity index (χ2v) is 9.13. The molecule has 3 aromatic carbocycles. The molecule has 1 atom stereocenters. The number of halogens is 1. The van der Waals surface area contributed by atoms with Gasteiger partial charge in [-0.15, -0.1) is 0 Å². The fourth-order valence-corrected chi connectivity index (χ4v) is 4.54. The highest BCUT2D eigenvalue weighted by Gasteiger charge is 2.28. The summed E-state index contributed by atoms with van der Waals surface area (Å²) in [5, 5.41) is 10.1. The summed E-state index contributed by atoms with van der Waals surface area (Å²) in [4.78, 5) is 4.79. The highest BCUT2D eigenvalue weighted by molar-refractivity contribution is 6.09.